The number of nitrogens with one attached hydrogen (secondary N) is 1. The van der Waals surface area contributed by atoms with E-state index in [4.69, 9.17) is 9.05 Å². The minimum Gasteiger partial charge on any atom is -0.387 e. The number of phosphoric acid groups is 1. The minimum absolute atomic E-state index is 0.0477. The molecule has 0 saturated carbocycles. The lowest BCUT2D eigenvalue weighted by Crippen LogP contribution is -2.45. The van der Waals surface area contributed by atoms with Gasteiger partial charge in [-0.1, -0.05) is 217 Å². The minimum atomic E-state index is -4.35. The molecule has 0 bridgehead atoms. The number of aliphatic hydroxyl groups is 1. The van der Waals surface area contributed by atoms with Gasteiger partial charge in [0.2, 0.25) is 5.91 Å². The predicted molar refractivity (Wildman–Crippen MR) is 304 cm³/mol. The zero-order chi connectivity index (χ0) is 51.3. The summed E-state index contributed by atoms with van der Waals surface area (Å²) in [7, 11) is 1.53. The summed E-state index contributed by atoms with van der Waals surface area (Å²) >= 11 is 0. The summed E-state index contributed by atoms with van der Waals surface area (Å²) < 4.78 is 23.4. The van der Waals surface area contributed by atoms with Gasteiger partial charge in [-0.2, -0.15) is 0 Å². The molecular formula is C61H102N2O6P+. The summed E-state index contributed by atoms with van der Waals surface area (Å²) in [5.74, 6) is -0.204. The summed E-state index contributed by atoms with van der Waals surface area (Å²) in [6.45, 7) is 4.53. The smallest absolute Gasteiger partial charge is 0.387 e. The molecule has 70 heavy (non-hydrogen) atoms. The second-order valence-electron chi connectivity index (χ2n) is 18.9. The Morgan fingerprint density at radius 1 is 0.500 bits per heavy atom. The highest BCUT2D eigenvalue weighted by Crippen LogP contribution is 2.43. The Labute approximate surface area is 429 Å². The average molecular weight is 990 g/mol. The van der Waals surface area contributed by atoms with Gasteiger partial charge >= 0.3 is 7.82 Å². The molecule has 0 aliphatic rings. The number of carbonyl (C=O) groups is 1. The van der Waals surface area contributed by atoms with E-state index < -0.39 is 20.0 Å². The molecule has 3 N–H and O–H groups in total. The van der Waals surface area contributed by atoms with E-state index >= 15 is 0 Å². The van der Waals surface area contributed by atoms with Gasteiger partial charge in [0.1, 0.15) is 13.2 Å². The summed E-state index contributed by atoms with van der Waals surface area (Å²) in [5, 5.41) is 13.7. The molecule has 0 fully saturated rings. The van der Waals surface area contributed by atoms with E-state index in [2.05, 4.69) is 153 Å². The summed E-state index contributed by atoms with van der Waals surface area (Å²) in [5.41, 5.74) is 0. The van der Waals surface area contributed by atoms with E-state index in [0.29, 0.717) is 17.4 Å². The van der Waals surface area contributed by atoms with Crippen LogP contribution in [-0.4, -0.2) is 73.4 Å². The summed E-state index contributed by atoms with van der Waals surface area (Å²) in [4.78, 5) is 23.1. The molecule has 8 nitrogen and oxygen atoms in total. The monoisotopic (exact) mass is 990 g/mol. The quantitative estimate of drug-likeness (QED) is 0.0243. The second-order valence-corrected chi connectivity index (χ2v) is 20.3. The van der Waals surface area contributed by atoms with Crippen molar-refractivity contribution in [3.8, 4) is 0 Å². The van der Waals surface area contributed by atoms with Crippen molar-refractivity contribution in [2.24, 2.45) is 0 Å². The van der Waals surface area contributed by atoms with Gasteiger partial charge in [0, 0.05) is 6.42 Å². The molecule has 0 aromatic rings. The van der Waals surface area contributed by atoms with E-state index in [9.17, 15) is 19.4 Å². The zero-order valence-corrected chi connectivity index (χ0v) is 45.8. The van der Waals surface area contributed by atoms with E-state index in [-0.39, 0.29) is 19.1 Å². The second kappa shape index (κ2) is 50.3. The van der Waals surface area contributed by atoms with Gasteiger partial charge in [0.05, 0.1) is 39.9 Å². The third kappa shape index (κ3) is 52.2. The summed E-state index contributed by atoms with van der Waals surface area (Å²) in [6, 6.07) is -0.872. The van der Waals surface area contributed by atoms with Gasteiger partial charge in [-0.05, 0) is 103 Å². The topological polar surface area (TPSA) is 105 Å². The highest BCUT2D eigenvalue weighted by Gasteiger charge is 2.27. The zero-order valence-electron chi connectivity index (χ0n) is 44.9. The highest BCUT2D eigenvalue weighted by molar-refractivity contribution is 7.47. The SMILES string of the molecule is CC/C=C\C/C=C\C/C=C\C/C=C\C/C=C\C/C=C\C/C=C\C/C=C\C/C=C\C/C=C\CCCCCCCCCCCCC(=O)NC(COP(=O)(O)OCC[N+](C)(C)C)C(O)/C=C/CC/C=C/CCC. The average Bonchev–Trinajstić information content (AvgIpc) is 3.32. The Bertz CT molecular complexity index is 1640. The largest absolute Gasteiger partial charge is 0.472 e. The first-order chi connectivity index (χ1) is 34.0. The molecule has 0 radical (unpaired) electrons. The van der Waals surface area contributed by atoms with Crippen LogP contribution in [0.5, 0.6) is 0 Å². The van der Waals surface area contributed by atoms with Crippen molar-refractivity contribution in [2.45, 2.75) is 193 Å². The van der Waals surface area contributed by atoms with Gasteiger partial charge in [0.25, 0.3) is 0 Å². The molecule has 0 aromatic carbocycles. The van der Waals surface area contributed by atoms with Gasteiger partial charge in [0.15, 0.2) is 0 Å². The normalized spacial score (nSPS) is 15.1. The number of phosphoric ester groups is 1. The number of amides is 1. The lowest BCUT2D eigenvalue weighted by molar-refractivity contribution is -0.870. The van der Waals surface area contributed by atoms with Gasteiger partial charge in [-0.15, -0.1) is 0 Å². The first kappa shape index (κ1) is 66.4. The molecule has 0 aromatic heterocycles. The van der Waals surface area contributed by atoms with Crippen molar-refractivity contribution in [1.82, 2.24) is 5.32 Å². The predicted octanol–water partition coefficient (Wildman–Crippen LogP) is 16.5. The number of nitrogens with zero attached hydrogens (tertiary/aromatic N) is 1. The van der Waals surface area contributed by atoms with Crippen LogP contribution in [0.1, 0.15) is 181 Å². The van der Waals surface area contributed by atoms with Crippen LogP contribution in [0.2, 0.25) is 0 Å². The maximum absolute atomic E-state index is 12.8. The number of hydrogen-bond donors (Lipinski definition) is 3. The van der Waals surface area contributed by atoms with E-state index in [1.807, 2.05) is 27.2 Å². The van der Waals surface area contributed by atoms with Crippen molar-refractivity contribution in [3.05, 3.63) is 146 Å². The number of quaternary nitrogens is 1. The van der Waals surface area contributed by atoms with Gasteiger partial charge < -0.3 is 19.8 Å². The number of aliphatic hydroxyl groups excluding tert-OH is 1. The molecule has 0 saturated heterocycles. The van der Waals surface area contributed by atoms with Crippen LogP contribution >= 0.6 is 7.82 Å². The van der Waals surface area contributed by atoms with E-state index in [0.717, 1.165) is 116 Å². The van der Waals surface area contributed by atoms with Crippen LogP contribution < -0.4 is 5.32 Å². The third-order valence-electron chi connectivity index (χ3n) is 11.0. The number of allylic oxidation sites excluding steroid dienone is 23. The first-order valence-corrected chi connectivity index (χ1v) is 28.7. The number of rotatable bonds is 47. The Morgan fingerprint density at radius 3 is 1.30 bits per heavy atom. The lowest BCUT2D eigenvalue weighted by Gasteiger charge is -2.25. The molecule has 0 aliphatic heterocycles. The highest BCUT2D eigenvalue weighted by atomic mass is 31.2. The fraction of sp³-hybridized carbons (Fsp3) is 0.590. The number of unbranched alkanes of at least 4 members (excludes halogenated alkanes) is 12. The molecule has 0 heterocycles. The van der Waals surface area contributed by atoms with Crippen LogP contribution in [0.15, 0.2) is 146 Å². The third-order valence-corrected chi connectivity index (χ3v) is 12.0. The number of hydrogen-bond acceptors (Lipinski definition) is 5. The fourth-order valence-corrected chi connectivity index (χ4v) is 7.53. The number of likely N-dealkylation sites (N-methyl/N-ethyl adjacent to an activating group) is 1. The first-order valence-electron chi connectivity index (χ1n) is 27.2. The molecule has 9 heteroatoms. The van der Waals surface area contributed by atoms with Crippen LogP contribution in [0.25, 0.3) is 0 Å². The molecule has 0 spiro atoms. The Balaban J connectivity index is 3.98. The van der Waals surface area contributed by atoms with E-state index in [1.54, 1.807) is 6.08 Å². The molecular weight excluding hydrogens is 888 g/mol. The van der Waals surface area contributed by atoms with Crippen molar-refractivity contribution < 1.29 is 32.9 Å². The summed E-state index contributed by atoms with van der Waals surface area (Å²) in [6.07, 6.45) is 78.5. The van der Waals surface area contributed by atoms with Crippen LogP contribution in [0.3, 0.4) is 0 Å². The Morgan fingerprint density at radius 2 is 0.871 bits per heavy atom. The molecule has 3 atom stereocenters. The van der Waals surface area contributed by atoms with Crippen molar-refractivity contribution in [2.75, 3.05) is 40.9 Å². The number of carbonyl (C=O) groups excluding carboxylic acids is 1. The van der Waals surface area contributed by atoms with Crippen LogP contribution in [0, 0.1) is 0 Å². The maximum atomic E-state index is 12.8. The Kier molecular flexibility index (Phi) is 47.7. The molecule has 0 rings (SSSR count). The van der Waals surface area contributed by atoms with Gasteiger partial charge in [-0.25, -0.2) is 4.57 Å². The van der Waals surface area contributed by atoms with Crippen molar-refractivity contribution in [1.29, 1.82) is 0 Å². The standard InChI is InChI=1S/C61H101N2O6P/c1-6-8-10-12-14-15-16-17-18-19-20-21-22-23-24-25-26-27-28-29-30-31-32-33-34-35-36-37-38-39-40-41-42-43-44-45-46-47-49-51-53-55-61(65)62-59(60(64)54-52-50-48-13-11-9-7-2)58-69-70(66,67)68-57-56-63(3,4)5/h8,10-11,13-15,17-18,20-21,23-24,26-27,29-30,32-33,35-36,38-39,52,54,59-60,64H,6-7,9,12,16,19,22,25,28,31,34,37,40-51,53,55-58H2,1-5H3,(H-,62,65,66,67)/p+1/b10-8-,13-11+,15-14-,18-17-,21-20-,24-23-,27-26-,30-29-,33-32-,36-35-,39-38-,54-52+. The fourth-order valence-electron chi connectivity index (χ4n) is 6.80. The van der Waals surface area contributed by atoms with Gasteiger partial charge in [-0.3, -0.25) is 13.8 Å². The molecule has 3 unspecified atom stereocenters. The van der Waals surface area contributed by atoms with Crippen LogP contribution in [-0.2, 0) is 18.4 Å². The Hall–Kier alpha value is -3.62. The molecule has 1 amide bonds. The maximum Gasteiger partial charge on any atom is 0.472 e. The van der Waals surface area contributed by atoms with Crippen molar-refractivity contribution in [3.63, 3.8) is 0 Å². The van der Waals surface area contributed by atoms with Crippen LogP contribution in [0.4, 0.5) is 0 Å². The lowest BCUT2D eigenvalue weighted by atomic mass is 10.0. The molecule has 0 aliphatic carbocycles. The van der Waals surface area contributed by atoms with Crippen molar-refractivity contribution >= 4 is 13.7 Å². The van der Waals surface area contributed by atoms with E-state index in [1.165, 1.54) is 44.9 Å². The molecule has 396 valence electrons.